The van der Waals surface area contributed by atoms with Gasteiger partial charge in [-0.25, -0.2) is 24.1 Å². The van der Waals surface area contributed by atoms with Crippen molar-refractivity contribution in [1.82, 2.24) is 24.8 Å². The highest BCUT2D eigenvalue weighted by Gasteiger charge is 2.32. The number of aromatic nitrogens is 4. The molecule has 4 heterocycles. The number of fused-ring (bicyclic) bond motifs is 1. The molecule has 3 aromatic heterocycles. The summed E-state index contributed by atoms with van der Waals surface area (Å²) in [5.74, 6) is 1.07. The number of benzene rings is 1. The molecule has 0 aliphatic carbocycles. The third kappa shape index (κ3) is 5.71. The summed E-state index contributed by atoms with van der Waals surface area (Å²) in [6.45, 7) is 13.7. The van der Waals surface area contributed by atoms with E-state index >= 15 is 0 Å². The highest BCUT2D eigenvalue weighted by molar-refractivity contribution is 6.01. The highest BCUT2D eigenvalue weighted by Crippen LogP contribution is 2.36. The molecule has 1 fully saturated rings. The van der Waals surface area contributed by atoms with Gasteiger partial charge in [-0.15, -0.1) is 0 Å². The maximum Gasteiger partial charge on any atom is 0.410 e. The van der Waals surface area contributed by atoms with Crippen molar-refractivity contribution in [1.29, 1.82) is 0 Å². The average molecular weight is 546 g/mol. The molecule has 1 amide bonds. The molecule has 9 nitrogen and oxygen atoms in total. The fourth-order valence-electron chi connectivity index (χ4n) is 4.94. The van der Waals surface area contributed by atoms with Crippen LogP contribution in [0.3, 0.4) is 0 Å². The largest absolute Gasteiger partial charge is 0.444 e. The number of rotatable bonds is 5. The van der Waals surface area contributed by atoms with E-state index in [1.165, 1.54) is 12.1 Å². The molecule has 40 heavy (non-hydrogen) atoms. The third-order valence-electron chi connectivity index (χ3n) is 6.94. The molecule has 1 aliphatic rings. The van der Waals surface area contributed by atoms with Crippen molar-refractivity contribution in [3.8, 4) is 11.4 Å². The SMILES string of the molecule is CC(C)c1cnc(-c2ccc(F)cc2)nc1Nc1ccnc2[nH]cc(N3CCN(C(=O)OC(C)(C)C)[C@@H](C)C3)c12. The molecule has 0 bridgehead atoms. The standard InChI is InChI=1S/C30H36FN7O2/c1-18(2)22-15-33-26(20-7-9-21(31)10-8-20)36-27(22)35-23-11-12-32-28-25(23)24(16-34-28)37-13-14-38(19(3)17-37)29(39)40-30(4,5)6/h7-12,15-16,18-19H,13-14,17H2,1-6H3,(H2,32,33,34,35,36)/t19-/m0/s1. The third-order valence-corrected chi connectivity index (χ3v) is 6.94. The lowest BCUT2D eigenvalue weighted by Gasteiger charge is -2.41. The Morgan fingerprint density at radius 2 is 1.90 bits per heavy atom. The van der Waals surface area contributed by atoms with Gasteiger partial charge < -0.3 is 24.8 Å². The molecule has 1 atom stereocenters. The summed E-state index contributed by atoms with van der Waals surface area (Å²) in [6, 6.07) is 8.07. The lowest BCUT2D eigenvalue weighted by atomic mass is 10.1. The van der Waals surface area contributed by atoms with Crippen LogP contribution < -0.4 is 10.2 Å². The molecule has 1 aromatic carbocycles. The van der Waals surface area contributed by atoms with Crippen LogP contribution in [0.1, 0.15) is 53.0 Å². The van der Waals surface area contributed by atoms with Crippen LogP contribution >= 0.6 is 0 Å². The number of aromatic amines is 1. The van der Waals surface area contributed by atoms with E-state index in [0.29, 0.717) is 31.3 Å². The van der Waals surface area contributed by atoms with Gasteiger partial charge >= 0.3 is 6.09 Å². The monoisotopic (exact) mass is 545 g/mol. The van der Waals surface area contributed by atoms with Crippen LogP contribution in [0.2, 0.25) is 0 Å². The minimum atomic E-state index is -0.538. The quantitative estimate of drug-likeness (QED) is 0.296. The Morgan fingerprint density at radius 1 is 1.15 bits per heavy atom. The van der Waals surface area contributed by atoms with Gasteiger partial charge in [0.15, 0.2) is 5.82 Å². The molecule has 5 rings (SSSR count). The number of hydrogen-bond acceptors (Lipinski definition) is 7. The number of halogens is 1. The Kier molecular flexibility index (Phi) is 7.35. The van der Waals surface area contributed by atoms with Gasteiger partial charge in [0, 0.05) is 55.4 Å². The van der Waals surface area contributed by atoms with Gasteiger partial charge in [-0.2, -0.15) is 0 Å². The summed E-state index contributed by atoms with van der Waals surface area (Å²) in [5, 5.41) is 4.49. The molecule has 4 aromatic rings. The van der Waals surface area contributed by atoms with Crippen molar-refractivity contribution < 1.29 is 13.9 Å². The smallest absolute Gasteiger partial charge is 0.410 e. The van der Waals surface area contributed by atoms with Gasteiger partial charge in [0.05, 0.1) is 16.8 Å². The predicted octanol–water partition coefficient (Wildman–Crippen LogP) is 6.47. The first-order valence-electron chi connectivity index (χ1n) is 13.6. The van der Waals surface area contributed by atoms with Gasteiger partial charge in [0.25, 0.3) is 0 Å². The number of carbonyl (C=O) groups excluding carboxylic acids is 1. The number of carbonyl (C=O) groups is 1. The van der Waals surface area contributed by atoms with Crippen LogP contribution in [0.15, 0.2) is 48.9 Å². The predicted molar refractivity (Wildman–Crippen MR) is 156 cm³/mol. The van der Waals surface area contributed by atoms with Gasteiger partial charge in [-0.1, -0.05) is 13.8 Å². The van der Waals surface area contributed by atoms with Crippen LogP contribution in [-0.2, 0) is 4.74 Å². The van der Waals surface area contributed by atoms with Crippen molar-refractivity contribution in [2.24, 2.45) is 0 Å². The second-order valence-corrected chi connectivity index (χ2v) is 11.5. The Bertz CT molecular complexity index is 1510. The van der Waals surface area contributed by atoms with E-state index in [9.17, 15) is 9.18 Å². The first-order valence-corrected chi connectivity index (χ1v) is 13.6. The number of hydrogen-bond donors (Lipinski definition) is 2. The molecular formula is C30H36FN7O2. The van der Waals surface area contributed by atoms with Crippen LogP contribution in [0.4, 0.5) is 26.4 Å². The molecule has 0 unspecified atom stereocenters. The summed E-state index contributed by atoms with van der Waals surface area (Å²) in [5.41, 5.74) is 3.77. The number of ether oxygens (including phenoxy) is 1. The molecule has 10 heteroatoms. The zero-order chi connectivity index (χ0) is 28.6. The summed E-state index contributed by atoms with van der Waals surface area (Å²) < 4.78 is 19.1. The molecule has 0 saturated carbocycles. The average Bonchev–Trinajstić information content (AvgIpc) is 3.33. The summed E-state index contributed by atoms with van der Waals surface area (Å²) in [4.78, 5) is 34.1. The maximum atomic E-state index is 13.5. The van der Waals surface area contributed by atoms with E-state index in [-0.39, 0.29) is 23.9 Å². The van der Waals surface area contributed by atoms with Gasteiger partial charge in [-0.3, -0.25) is 0 Å². The minimum absolute atomic E-state index is 0.0331. The van der Waals surface area contributed by atoms with Crippen LogP contribution in [0.25, 0.3) is 22.4 Å². The fourth-order valence-corrected chi connectivity index (χ4v) is 4.94. The summed E-state index contributed by atoms with van der Waals surface area (Å²) in [7, 11) is 0. The lowest BCUT2D eigenvalue weighted by molar-refractivity contribution is 0.0159. The number of anilines is 3. The normalized spacial score (nSPS) is 16.1. The lowest BCUT2D eigenvalue weighted by Crippen LogP contribution is -2.55. The number of amides is 1. The molecule has 0 spiro atoms. The topological polar surface area (TPSA) is 99.3 Å². The second-order valence-electron chi connectivity index (χ2n) is 11.5. The second kappa shape index (κ2) is 10.7. The van der Waals surface area contributed by atoms with Crippen molar-refractivity contribution in [2.75, 3.05) is 29.9 Å². The van der Waals surface area contributed by atoms with Crippen LogP contribution in [0, 0.1) is 5.82 Å². The zero-order valence-corrected chi connectivity index (χ0v) is 23.8. The van der Waals surface area contributed by atoms with Crippen molar-refractivity contribution in [3.05, 3.63) is 60.3 Å². The molecule has 1 saturated heterocycles. The number of H-pyrrole nitrogens is 1. The van der Waals surface area contributed by atoms with E-state index < -0.39 is 5.60 Å². The van der Waals surface area contributed by atoms with Crippen LogP contribution in [-0.4, -0.2) is 62.2 Å². The summed E-state index contributed by atoms with van der Waals surface area (Å²) in [6.07, 6.45) is 5.26. The Hall–Kier alpha value is -4.21. The number of nitrogens with zero attached hydrogens (tertiary/aromatic N) is 5. The molecule has 210 valence electrons. The van der Waals surface area contributed by atoms with Crippen molar-refractivity contribution in [3.63, 3.8) is 0 Å². The van der Waals surface area contributed by atoms with Gasteiger partial charge in [0.1, 0.15) is 22.9 Å². The fraction of sp³-hybridized carbons (Fsp3) is 0.400. The number of piperazine rings is 1. The Morgan fingerprint density at radius 3 is 2.58 bits per heavy atom. The molecular weight excluding hydrogens is 509 g/mol. The van der Waals surface area contributed by atoms with Crippen LogP contribution in [0.5, 0.6) is 0 Å². The van der Waals surface area contributed by atoms with Crippen molar-refractivity contribution >= 4 is 34.3 Å². The first kappa shape index (κ1) is 27.4. The van der Waals surface area contributed by atoms with E-state index in [1.807, 2.05) is 46.2 Å². The molecule has 1 aliphatic heterocycles. The molecule has 2 N–H and O–H groups in total. The Balaban J connectivity index is 1.45. The van der Waals surface area contributed by atoms with E-state index in [2.05, 4.69) is 39.0 Å². The number of pyridine rings is 1. The number of nitrogens with one attached hydrogen (secondary N) is 2. The summed E-state index contributed by atoms with van der Waals surface area (Å²) >= 11 is 0. The van der Waals surface area contributed by atoms with E-state index in [0.717, 1.165) is 33.5 Å². The zero-order valence-electron chi connectivity index (χ0n) is 23.8. The Labute approximate surface area is 233 Å². The van der Waals surface area contributed by atoms with Crippen molar-refractivity contribution in [2.45, 2.75) is 59.1 Å². The first-order chi connectivity index (χ1) is 19.0. The minimum Gasteiger partial charge on any atom is -0.444 e. The van der Waals surface area contributed by atoms with Gasteiger partial charge in [-0.05, 0) is 63.9 Å². The van der Waals surface area contributed by atoms with Gasteiger partial charge in [0.2, 0.25) is 0 Å². The molecule has 0 radical (unpaired) electrons. The maximum absolute atomic E-state index is 13.5. The van der Waals surface area contributed by atoms with E-state index in [4.69, 9.17) is 9.72 Å². The highest BCUT2D eigenvalue weighted by atomic mass is 19.1. The van der Waals surface area contributed by atoms with E-state index in [1.54, 1.807) is 23.2 Å².